The number of aromatic nitrogens is 2. The SMILES string of the molecule is CC1CN(c2ncnc(N)c2Br)CCO1. The van der Waals surface area contributed by atoms with E-state index >= 15 is 0 Å². The lowest BCUT2D eigenvalue weighted by molar-refractivity contribution is 0.0529. The van der Waals surface area contributed by atoms with Crippen LogP contribution in [0.15, 0.2) is 10.8 Å². The minimum absolute atomic E-state index is 0.224. The van der Waals surface area contributed by atoms with Gasteiger partial charge >= 0.3 is 0 Å². The van der Waals surface area contributed by atoms with E-state index in [2.05, 4.69) is 30.8 Å². The summed E-state index contributed by atoms with van der Waals surface area (Å²) in [6.45, 7) is 4.43. The van der Waals surface area contributed by atoms with E-state index in [1.165, 1.54) is 6.33 Å². The van der Waals surface area contributed by atoms with Gasteiger partial charge < -0.3 is 15.4 Å². The van der Waals surface area contributed by atoms with Crippen LogP contribution in [-0.2, 0) is 4.74 Å². The quantitative estimate of drug-likeness (QED) is 0.828. The zero-order chi connectivity index (χ0) is 10.8. The molecule has 0 aromatic carbocycles. The molecule has 2 rings (SSSR count). The zero-order valence-corrected chi connectivity index (χ0v) is 10.1. The summed E-state index contributed by atoms with van der Waals surface area (Å²) >= 11 is 3.40. The second-order valence-electron chi connectivity index (χ2n) is 3.52. The molecule has 6 heteroatoms. The lowest BCUT2D eigenvalue weighted by Gasteiger charge is -2.32. The van der Waals surface area contributed by atoms with Gasteiger partial charge in [0.05, 0.1) is 12.7 Å². The molecule has 2 N–H and O–H groups in total. The molecule has 1 fully saturated rings. The molecule has 82 valence electrons. The topological polar surface area (TPSA) is 64.3 Å². The van der Waals surface area contributed by atoms with Crippen molar-refractivity contribution in [2.24, 2.45) is 0 Å². The van der Waals surface area contributed by atoms with Crippen LogP contribution in [0.25, 0.3) is 0 Å². The fourth-order valence-corrected chi connectivity index (χ4v) is 2.06. The highest BCUT2D eigenvalue weighted by atomic mass is 79.9. The molecule has 1 aliphatic heterocycles. The molecule has 2 heterocycles. The van der Waals surface area contributed by atoms with Crippen molar-refractivity contribution in [1.82, 2.24) is 9.97 Å². The normalized spacial score (nSPS) is 21.7. The number of morpholine rings is 1. The second kappa shape index (κ2) is 4.32. The number of hydrogen-bond donors (Lipinski definition) is 1. The Morgan fingerprint density at radius 3 is 3.13 bits per heavy atom. The van der Waals surface area contributed by atoms with Crippen LogP contribution in [0.2, 0.25) is 0 Å². The molecule has 1 aromatic heterocycles. The van der Waals surface area contributed by atoms with Gasteiger partial charge in [-0.15, -0.1) is 0 Å². The average molecular weight is 273 g/mol. The van der Waals surface area contributed by atoms with Crippen molar-refractivity contribution >= 4 is 27.6 Å². The monoisotopic (exact) mass is 272 g/mol. The Morgan fingerprint density at radius 2 is 2.40 bits per heavy atom. The Labute approximate surface area is 96.8 Å². The van der Waals surface area contributed by atoms with E-state index in [4.69, 9.17) is 10.5 Å². The summed E-state index contributed by atoms with van der Waals surface area (Å²) in [6, 6.07) is 0. The number of anilines is 2. The first-order valence-electron chi connectivity index (χ1n) is 4.81. The van der Waals surface area contributed by atoms with Gasteiger partial charge in [-0.25, -0.2) is 9.97 Å². The molecule has 1 unspecified atom stereocenters. The fraction of sp³-hybridized carbons (Fsp3) is 0.556. The Kier molecular flexibility index (Phi) is 3.06. The van der Waals surface area contributed by atoms with Crippen LogP contribution in [0.4, 0.5) is 11.6 Å². The number of nitrogens with two attached hydrogens (primary N) is 1. The third-order valence-corrected chi connectivity index (χ3v) is 3.10. The first-order valence-corrected chi connectivity index (χ1v) is 5.60. The maximum absolute atomic E-state index is 5.71. The fourth-order valence-electron chi connectivity index (χ4n) is 1.60. The van der Waals surface area contributed by atoms with Gasteiger partial charge in [0.25, 0.3) is 0 Å². The van der Waals surface area contributed by atoms with E-state index in [0.29, 0.717) is 5.82 Å². The van der Waals surface area contributed by atoms with Gasteiger partial charge in [0.1, 0.15) is 22.4 Å². The Morgan fingerprint density at radius 1 is 1.60 bits per heavy atom. The van der Waals surface area contributed by atoms with Crippen molar-refractivity contribution in [3.05, 3.63) is 10.8 Å². The lowest BCUT2D eigenvalue weighted by Crippen LogP contribution is -2.41. The molecular weight excluding hydrogens is 260 g/mol. The van der Waals surface area contributed by atoms with E-state index in [-0.39, 0.29) is 6.10 Å². The van der Waals surface area contributed by atoms with Crippen LogP contribution in [0.3, 0.4) is 0 Å². The van der Waals surface area contributed by atoms with Crippen LogP contribution in [0, 0.1) is 0 Å². The maximum atomic E-state index is 5.71. The van der Waals surface area contributed by atoms with Gasteiger partial charge in [-0.3, -0.25) is 0 Å². The molecule has 1 atom stereocenters. The van der Waals surface area contributed by atoms with Crippen LogP contribution >= 0.6 is 15.9 Å². The lowest BCUT2D eigenvalue weighted by atomic mass is 10.3. The number of nitrogen functional groups attached to an aromatic ring is 1. The highest BCUT2D eigenvalue weighted by Gasteiger charge is 2.20. The van der Waals surface area contributed by atoms with Gasteiger partial charge in [-0.1, -0.05) is 0 Å². The van der Waals surface area contributed by atoms with Crippen LogP contribution in [0.5, 0.6) is 0 Å². The summed E-state index contributed by atoms with van der Waals surface area (Å²) < 4.78 is 6.23. The standard InChI is InChI=1S/C9H13BrN4O/c1-6-4-14(2-3-15-6)9-7(10)8(11)12-5-13-9/h5-6H,2-4H2,1H3,(H2,11,12,13). The van der Waals surface area contributed by atoms with E-state index in [1.54, 1.807) is 0 Å². The third-order valence-electron chi connectivity index (χ3n) is 2.34. The van der Waals surface area contributed by atoms with E-state index in [0.717, 1.165) is 30.0 Å². The summed E-state index contributed by atoms with van der Waals surface area (Å²) in [5.74, 6) is 1.32. The number of halogens is 1. The summed E-state index contributed by atoms with van der Waals surface area (Å²) in [4.78, 5) is 10.3. The minimum Gasteiger partial charge on any atom is -0.383 e. The number of nitrogens with zero attached hydrogens (tertiary/aromatic N) is 3. The summed E-state index contributed by atoms with van der Waals surface area (Å²) in [5, 5.41) is 0. The van der Waals surface area contributed by atoms with E-state index in [9.17, 15) is 0 Å². The molecular formula is C9H13BrN4O. The predicted octanol–water partition coefficient (Wildman–Crippen LogP) is 1.05. The van der Waals surface area contributed by atoms with Crippen LogP contribution < -0.4 is 10.6 Å². The summed E-state index contributed by atoms with van der Waals surface area (Å²) in [6.07, 6.45) is 1.71. The minimum atomic E-state index is 0.224. The molecule has 1 aliphatic rings. The Balaban J connectivity index is 2.24. The van der Waals surface area contributed by atoms with Crippen molar-refractivity contribution in [2.45, 2.75) is 13.0 Å². The van der Waals surface area contributed by atoms with Crippen molar-refractivity contribution in [2.75, 3.05) is 30.3 Å². The van der Waals surface area contributed by atoms with Gasteiger partial charge in [-0.05, 0) is 22.9 Å². The van der Waals surface area contributed by atoms with Crippen molar-refractivity contribution in [3.8, 4) is 0 Å². The maximum Gasteiger partial charge on any atom is 0.148 e. The molecule has 0 saturated carbocycles. The van der Waals surface area contributed by atoms with E-state index in [1.807, 2.05) is 6.92 Å². The highest BCUT2D eigenvalue weighted by Crippen LogP contribution is 2.28. The van der Waals surface area contributed by atoms with Gasteiger partial charge in [0.15, 0.2) is 0 Å². The summed E-state index contributed by atoms with van der Waals surface area (Å²) in [5.41, 5.74) is 5.71. The first kappa shape index (κ1) is 10.6. The molecule has 0 spiro atoms. The zero-order valence-electron chi connectivity index (χ0n) is 8.48. The summed E-state index contributed by atoms with van der Waals surface area (Å²) in [7, 11) is 0. The third kappa shape index (κ3) is 2.21. The largest absolute Gasteiger partial charge is 0.383 e. The first-order chi connectivity index (χ1) is 7.18. The van der Waals surface area contributed by atoms with Gasteiger partial charge in [0.2, 0.25) is 0 Å². The molecule has 5 nitrogen and oxygen atoms in total. The van der Waals surface area contributed by atoms with Gasteiger partial charge in [0, 0.05) is 13.1 Å². The van der Waals surface area contributed by atoms with Gasteiger partial charge in [-0.2, -0.15) is 0 Å². The predicted molar refractivity (Wildman–Crippen MR) is 61.8 cm³/mol. The van der Waals surface area contributed by atoms with Crippen molar-refractivity contribution in [3.63, 3.8) is 0 Å². The van der Waals surface area contributed by atoms with Crippen molar-refractivity contribution < 1.29 is 4.74 Å². The molecule has 0 aliphatic carbocycles. The number of rotatable bonds is 1. The number of hydrogen-bond acceptors (Lipinski definition) is 5. The Hall–Kier alpha value is -0.880. The molecule has 0 bridgehead atoms. The molecule has 15 heavy (non-hydrogen) atoms. The highest BCUT2D eigenvalue weighted by molar-refractivity contribution is 9.10. The van der Waals surface area contributed by atoms with Crippen LogP contribution in [-0.4, -0.2) is 35.8 Å². The smallest absolute Gasteiger partial charge is 0.148 e. The van der Waals surface area contributed by atoms with Crippen LogP contribution in [0.1, 0.15) is 6.92 Å². The molecule has 1 aromatic rings. The van der Waals surface area contributed by atoms with Crippen molar-refractivity contribution in [1.29, 1.82) is 0 Å². The molecule has 0 radical (unpaired) electrons. The van der Waals surface area contributed by atoms with E-state index < -0.39 is 0 Å². The Bertz CT molecular complexity index is 360. The molecule has 0 amide bonds. The average Bonchev–Trinajstić information content (AvgIpc) is 2.22. The molecule has 1 saturated heterocycles. The second-order valence-corrected chi connectivity index (χ2v) is 4.32. The number of ether oxygens (including phenoxy) is 1.